The third kappa shape index (κ3) is 7.66. The Balaban J connectivity index is 1.54. The van der Waals surface area contributed by atoms with Crippen LogP contribution in [0.1, 0.15) is 44.2 Å². The molecule has 7 nitrogen and oxygen atoms in total. The number of hydrogen-bond acceptors (Lipinski definition) is 5. The lowest BCUT2D eigenvalue weighted by Crippen LogP contribution is -2.39. The van der Waals surface area contributed by atoms with Crippen LogP contribution in [0.2, 0.25) is 0 Å². The van der Waals surface area contributed by atoms with Crippen molar-refractivity contribution in [2.45, 2.75) is 38.6 Å². The van der Waals surface area contributed by atoms with Crippen LogP contribution < -0.4 is 15.4 Å². The van der Waals surface area contributed by atoms with Crippen LogP contribution in [0, 0.1) is 0 Å². The van der Waals surface area contributed by atoms with Gasteiger partial charge in [0.25, 0.3) is 0 Å². The van der Waals surface area contributed by atoms with E-state index >= 15 is 0 Å². The van der Waals surface area contributed by atoms with Crippen molar-refractivity contribution in [1.29, 1.82) is 0 Å². The molecule has 2 N–H and O–H groups in total. The minimum absolute atomic E-state index is 0.246. The van der Waals surface area contributed by atoms with Gasteiger partial charge in [0.15, 0.2) is 5.96 Å². The molecule has 7 heteroatoms. The number of ether oxygens (including phenoxy) is 2. The summed E-state index contributed by atoms with van der Waals surface area (Å²) in [4.78, 5) is 10.0. The van der Waals surface area contributed by atoms with Crippen molar-refractivity contribution < 1.29 is 9.47 Å². The van der Waals surface area contributed by atoms with Gasteiger partial charge in [-0.2, -0.15) is 0 Å². The van der Waals surface area contributed by atoms with Crippen molar-refractivity contribution in [2.75, 3.05) is 72.7 Å². The van der Waals surface area contributed by atoms with E-state index in [0.29, 0.717) is 0 Å². The number of unbranched alkanes of at least 4 members (excludes halogenated alkanes) is 1. The molecule has 31 heavy (non-hydrogen) atoms. The SMILES string of the molecule is CCNC(=NCC(c1ccccc1OC)N1CCCC1)NCCCCN1CCOCC1. The zero-order valence-corrected chi connectivity index (χ0v) is 19.4. The van der Waals surface area contributed by atoms with E-state index in [9.17, 15) is 0 Å². The van der Waals surface area contributed by atoms with Crippen LogP contribution in [-0.2, 0) is 4.74 Å². The van der Waals surface area contributed by atoms with Gasteiger partial charge in [0, 0.05) is 31.7 Å². The number of nitrogens with one attached hydrogen (secondary N) is 2. The molecule has 0 bridgehead atoms. The van der Waals surface area contributed by atoms with Crippen molar-refractivity contribution in [3.05, 3.63) is 29.8 Å². The van der Waals surface area contributed by atoms with Crippen molar-refractivity contribution in [2.24, 2.45) is 4.99 Å². The average Bonchev–Trinajstić information content (AvgIpc) is 3.34. The summed E-state index contributed by atoms with van der Waals surface area (Å²) in [5.74, 6) is 1.86. The lowest BCUT2D eigenvalue weighted by Gasteiger charge is -2.28. The molecule has 2 fully saturated rings. The van der Waals surface area contributed by atoms with Crippen LogP contribution in [0.5, 0.6) is 5.75 Å². The molecule has 1 atom stereocenters. The maximum atomic E-state index is 5.66. The minimum Gasteiger partial charge on any atom is -0.496 e. The van der Waals surface area contributed by atoms with E-state index in [1.165, 1.54) is 24.8 Å². The monoisotopic (exact) mass is 431 g/mol. The molecule has 0 amide bonds. The summed E-state index contributed by atoms with van der Waals surface area (Å²) < 4.78 is 11.1. The first-order chi connectivity index (χ1) is 15.3. The second kappa shape index (κ2) is 13.6. The Morgan fingerprint density at radius 3 is 2.61 bits per heavy atom. The Kier molecular flexibility index (Phi) is 10.4. The number of likely N-dealkylation sites (tertiary alicyclic amines) is 1. The molecule has 2 aliphatic heterocycles. The van der Waals surface area contributed by atoms with E-state index < -0.39 is 0 Å². The predicted octanol–water partition coefficient (Wildman–Crippen LogP) is 2.50. The zero-order valence-electron chi connectivity index (χ0n) is 19.4. The lowest BCUT2D eigenvalue weighted by molar-refractivity contribution is 0.0372. The second-order valence-electron chi connectivity index (χ2n) is 8.31. The van der Waals surface area contributed by atoms with Crippen molar-refractivity contribution >= 4 is 5.96 Å². The highest BCUT2D eigenvalue weighted by molar-refractivity contribution is 5.79. The molecule has 0 aliphatic carbocycles. The Morgan fingerprint density at radius 1 is 1.10 bits per heavy atom. The fourth-order valence-electron chi connectivity index (χ4n) is 4.42. The maximum Gasteiger partial charge on any atom is 0.191 e. The molecule has 0 radical (unpaired) electrons. The van der Waals surface area contributed by atoms with Crippen LogP contribution in [0.25, 0.3) is 0 Å². The van der Waals surface area contributed by atoms with Gasteiger partial charge in [-0.25, -0.2) is 0 Å². The largest absolute Gasteiger partial charge is 0.496 e. The normalized spacial score (nSPS) is 19.4. The maximum absolute atomic E-state index is 5.66. The summed E-state index contributed by atoms with van der Waals surface area (Å²) in [6.45, 7) is 12.0. The molecular weight excluding hydrogens is 390 g/mol. The van der Waals surface area contributed by atoms with Gasteiger partial charge in [-0.15, -0.1) is 0 Å². The minimum atomic E-state index is 0.246. The molecule has 2 saturated heterocycles. The van der Waals surface area contributed by atoms with Crippen LogP contribution >= 0.6 is 0 Å². The molecule has 174 valence electrons. The molecule has 0 spiro atoms. The molecule has 0 saturated carbocycles. The molecule has 0 aromatic heterocycles. The third-order valence-corrected chi connectivity index (χ3v) is 6.14. The number of para-hydroxylation sites is 1. The highest BCUT2D eigenvalue weighted by atomic mass is 16.5. The smallest absolute Gasteiger partial charge is 0.191 e. The highest BCUT2D eigenvalue weighted by Gasteiger charge is 2.25. The first-order valence-electron chi connectivity index (χ1n) is 12.0. The standard InChI is InChI=1S/C24H41N5O2/c1-3-25-24(26-12-6-7-13-28-16-18-31-19-17-28)27-20-22(29-14-8-9-15-29)21-10-4-5-11-23(21)30-2/h4-5,10-11,22H,3,6-9,12-20H2,1-2H3,(H2,25,26,27). The number of nitrogens with zero attached hydrogens (tertiary/aromatic N) is 3. The number of aliphatic imine (C=N–C) groups is 1. The predicted molar refractivity (Wildman–Crippen MR) is 127 cm³/mol. The molecular formula is C24H41N5O2. The molecule has 2 heterocycles. The topological polar surface area (TPSA) is 61.4 Å². The summed E-state index contributed by atoms with van der Waals surface area (Å²) in [6.07, 6.45) is 4.86. The van der Waals surface area contributed by atoms with Crippen LogP contribution in [0.3, 0.4) is 0 Å². The number of benzene rings is 1. The number of rotatable bonds is 11. The molecule has 1 unspecified atom stereocenters. The van der Waals surface area contributed by atoms with Gasteiger partial charge in [-0.1, -0.05) is 18.2 Å². The Morgan fingerprint density at radius 2 is 1.87 bits per heavy atom. The zero-order chi connectivity index (χ0) is 21.7. The van der Waals surface area contributed by atoms with Gasteiger partial charge < -0.3 is 20.1 Å². The van der Waals surface area contributed by atoms with Crippen LogP contribution in [0.15, 0.2) is 29.3 Å². The molecule has 2 aliphatic rings. The summed E-state index contributed by atoms with van der Waals surface area (Å²) >= 11 is 0. The summed E-state index contributed by atoms with van der Waals surface area (Å²) in [6, 6.07) is 8.62. The summed E-state index contributed by atoms with van der Waals surface area (Å²) in [7, 11) is 1.76. The van der Waals surface area contributed by atoms with Crippen LogP contribution in [-0.4, -0.2) is 88.4 Å². The van der Waals surface area contributed by atoms with Gasteiger partial charge in [-0.05, 0) is 58.3 Å². The fourth-order valence-corrected chi connectivity index (χ4v) is 4.42. The number of methoxy groups -OCH3 is 1. The van der Waals surface area contributed by atoms with E-state index in [4.69, 9.17) is 14.5 Å². The van der Waals surface area contributed by atoms with Gasteiger partial charge in [-0.3, -0.25) is 14.8 Å². The second-order valence-corrected chi connectivity index (χ2v) is 8.31. The van der Waals surface area contributed by atoms with Crippen LogP contribution in [0.4, 0.5) is 0 Å². The molecule has 1 aromatic rings. The van der Waals surface area contributed by atoms with Gasteiger partial charge >= 0.3 is 0 Å². The highest BCUT2D eigenvalue weighted by Crippen LogP contribution is 2.31. The third-order valence-electron chi connectivity index (χ3n) is 6.14. The van der Waals surface area contributed by atoms with Crippen molar-refractivity contribution in [1.82, 2.24) is 20.4 Å². The Hall–Kier alpha value is -1.83. The quantitative estimate of drug-likeness (QED) is 0.319. The van der Waals surface area contributed by atoms with E-state index in [0.717, 1.165) is 83.7 Å². The van der Waals surface area contributed by atoms with E-state index in [1.807, 2.05) is 6.07 Å². The first-order valence-corrected chi connectivity index (χ1v) is 12.0. The Bertz CT molecular complexity index is 657. The molecule has 3 rings (SSSR count). The van der Waals surface area contributed by atoms with Gasteiger partial charge in [0.05, 0.1) is 32.9 Å². The van der Waals surface area contributed by atoms with E-state index in [2.05, 4.69) is 45.6 Å². The summed E-state index contributed by atoms with van der Waals surface area (Å²) in [5.41, 5.74) is 1.23. The average molecular weight is 432 g/mol. The van der Waals surface area contributed by atoms with Crippen molar-refractivity contribution in [3.8, 4) is 5.75 Å². The van der Waals surface area contributed by atoms with Gasteiger partial charge in [0.2, 0.25) is 0 Å². The van der Waals surface area contributed by atoms with E-state index in [-0.39, 0.29) is 6.04 Å². The van der Waals surface area contributed by atoms with Crippen molar-refractivity contribution in [3.63, 3.8) is 0 Å². The number of guanidine groups is 1. The Labute approximate surface area is 188 Å². The fraction of sp³-hybridized carbons (Fsp3) is 0.708. The molecule has 1 aromatic carbocycles. The lowest BCUT2D eigenvalue weighted by atomic mass is 10.0. The summed E-state index contributed by atoms with van der Waals surface area (Å²) in [5, 5.41) is 6.94. The first kappa shape index (κ1) is 23.8. The van der Waals surface area contributed by atoms with E-state index in [1.54, 1.807) is 7.11 Å². The number of morpholine rings is 1. The number of hydrogen-bond donors (Lipinski definition) is 2. The van der Waals surface area contributed by atoms with Gasteiger partial charge in [0.1, 0.15) is 5.75 Å².